The van der Waals surface area contributed by atoms with Gasteiger partial charge in [0.2, 0.25) is 0 Å². The number of benzene rings is 2. The second-order valence-electron chi connectivity index (χ2n) is 4.33. The van der Waals surface area contributed by atoms with E-state index in [2.05, 4.69) is 0 Å². The Kier molecular flexibility index (Phi) is 4.74. The zero-order valence-corrected chi connectivity index (χ0v) is 11.2. The first-order chi connectivity index (χ1) is 9.70. The van der Waals surface area contributed by atoms with E-state index in [1.54, 1.807) is 31.4 Å². The number of hydrogen-bond acceptors (Lipinski definition) is 3. The van der Waals surface area contributed by atoms with Crippen LogP contribution in [0.25, 0.3) is 0 Å². The van der Waals surface area contributed by atoms with Crippen molar-refractivity contribution < 1.29 is 19.4 Å². The Bertz CT molecular complexity index is 593. The van der Waals surface area contributed by atoms with Gasteiger partial charge in [-0.05, 0) is 23.8 Å². The Hall–Kier alpha value is -2.33. The van der Waals surface area contributed by atoms with Crippen molar-refractivity contribution in [3.05, 3.63) is 65.2 Å². The lowest BCUT2D eigenvalue weighted by atomic mass is 10.1. The number of ether oxygens (including phenoxy) is 2. The summed E-state index contributed by atoms with van der Waals surface area (Å²) < 4.78 is 10.7. The average molecular weight is 272 g/mol. The number of aromatic carboxylic acids is 1. The summed E-state index contributed by atoms with van der Waals surface area (Å²) in [7, 11) is 1.64. The molecule has 2 rings (SSSR count). The van der Waals surface area contributed by atoms with Gasteiger partial charge in [-0.25, -0.2) is 4.79 Å². The highest BCUT2D eigenvalue weighted by atomic mass is 16.5. The summed E-state index contributed by atoms with van der Waals surface area (Å²) >= 11 is 0. The van der Waals surface area contributed by atoms with Gasteiger partial charge in [-0.2, -0.15) is 0 Å². The maximum Gasteiger partial charge on any atom is 0.336 e. The molecule has 1 N–H and O–H groups in total. The molecular weight excluding hydrogens is 256 g/mol. The predicted molar refractivity (Wildman–Crippen MR) is 74.9 cm³/mol. The van der Waals surface area contributed by atoms with Gasteiger partial charge in [0, 0.05) is 12.7 Å². The van der Waals surface area contributed by atoms with E-state index in [9.17, 15) is 4.79 Å². The number of carbonyl (C=O) groups is 1. The summed E-state index contributed by atoms with van der Waals surface area (Å²) in [4.78, 5) is 11.1. The van der Waals surface area contributed by atoms with E-state index in [-0.39, 0.29) is 12.2 Å². The van der Waals surface area contributed by atoms with Gasteiger partial charge in [0.15, 0.2) is 0 Å². The minimum Gasteiger partial charge on any atom is -0.489 e. The van der Waals surface area contributed by atoms with Crippen LogP contribution in [-0.2, 0) is 18.0 Å². The molecule has 0 atom stereocenters. The number of carboxylic acids is 1. The molecule has 0 aliphatic carbocycles. The van der Waals surface area contributed by atoms with Crippen molar-refractivity contribution >= 4 is 5.97 Å². The molecule has 4 nitrogen and oxygen atoms in total. The fourth-order valence-electron chi connectivity index (χ4n) is 1.91. The van der Waals surface area contributed by atoms with E-state index < -0.39 is 5.97 Å². The molecule has 0 aliphatic rings. The first kappa shape index (κ1) is 14.1. The Morgan fingerprint density at radius 2 is 1.90 bits per heavy atom. The third-order valence-electron chi connectivity index (χ3n) is 2.85. The van der Waals surface area contributed by atoms with Crippen LogP contribution in [0.5, 0.6) is 5.75 Å². The Morgan fingerprint density at radius 1 is 1.10 bits per heavy atom. The molecule has 0 radical (unpaired) electrons. The Morgan fingerprint density at radius 3 is 2.65 bits per heavy atom. The lowest BCUT2D eigenvalue weighted by Gasteiger charge is -2.09. The molecule has 0 amide bonds. The number of hydrogen-bond donors (Lipinski definition) is 1. The maximum absolute atomic E-state index is 11.1. The van der Waals surface area contributed by atoms with Crippen LogP contribution in [0.3, 0.4) is 0 Å². The van der Waals surface area contributed by atoms with Gasteiger partial charge in [-0.15, -0.1) is 0 Å². The van der Waals surface area contributed by atoms with E-state index in [4.69, 9.17) is 14.6 Å². The van der Waals surface area contributed by atoms with Crippen molar-refractivity contribution in [2.24, 2.45) is 0 Å². The van der Waals surface area contributed by atoms with Gasteiger partial charge in [0.1, 0.15) is 12.4 Å². The van der Waals surface area contributed by atoms with E-state index in [0.29, 0.717) is 17.9 Å². The molecule has 0 aliphatic heterocycles. The van der Waals surface area contributed by atoms with Gasteiger partial charge in [0.25, 0.3) is 0 Å². The van der Waals surface area contributed by atoms with Crippen molar-refractivity contribution in [2.75, 3.05) is 7.11 Å². The topological polar surface area (TPSA) is 55.8 Å². The zero-order valence-electron chi connectivity index (χ0n) is 11.2. The average Bonchev–Trinajstić information content (AvgIpc) is 2.46. The van der Waals surface area contributed by atoms with Crippen molar-refractivity contribution in [3.63, 3.8) is 0 Å². The molecule has 2 aromatic rings. The molecule has 0 heterocycles. The quantitative estimate of drug-likeness (QED) is 0.877. The summed E-state index contributed by atoms with van der Waals surface area (Å²) in [6, 6.07) is 14.4. The standard InChI is InChI=1S/C16H16O4/c1-19-10-12-5-4-7-14(9-12)20-11-13-6-2-3-8-15(13)16(17)18/h2-9H,10-11H2,1H3,(H,17,18). The van der Waals surface area contributed by atoms with Crippen LogP contribution in [0, 0.1) is 0 Å². The second-order valence-corrected chi connectivity index (χ2v) is 4.33. The smallest absolute Gasteiger partial charge is 0.336 e. The lowest BCUT2D eigenvalue weighted by molar-refractivity contribution is 0.0694. The normalized spacial score (nSPS) is 10.2. The highest BCUT2D eigenvalue weighted by molar-refractivity contribution is 5.89. The zero-order chi connectivity index (χ0) is 14.4. The van der Waals surface area contributed by atoms with Crippen molar-refractivity contribution in [3.8, 4) is 5.75 Å². The molecule has 4 heteroatoms. The molecule has 0 fully saturated rings. The minimum absolute atomic E-state index is 0.221. The summed E-state index contributed by atoms with van der Waals surface area (Å²) in [5.74, 6) is -0.253. The highest BCUT2D eigenvalue weighted by Crippen LogP contribution is 2.17. The maximum atomic E-state index is 11.1. The summed E-state index contributed by atoms with van der Waals surface area (Å²) in [5, 5.41) is 9.10. The SMILES string of the molecule is COCc1cccc(OCc2ccccc2C(=O)O)c1. The highest BCUT2D eigenvalue weighted by Gasteiger charge is 2.09. The van der Waals surface area contributed by atoms with Gasteiger partial charge >= 0.3 is 5.97 Å². The minimum atomic E-state index is -0.947. The molecule has 2 aromatic carbocycles. The van der Waals surface area contributed by atoms with Gasteiger partial charge < -0.3 is 14.6 Å². The fraction of sp³-hybridized carbons (Fsp3) is 0.188. The molecule has 0 bridgehead atoms. The largest absolute Gasteiger partial charge is 0.489 e. The monoisotopic (exact) mass is 272 g/mol. The van der Waals surface area contributed by atoms with Crippen molar-refractivity contribution in [1.82, 2.24) is 0 Å². The molecule has 0 spiro atoms. The van der Waals surface area contributed by atoms with Gasteiger partial charge in [-0.3, -0.25) is 0 Å². The van der Waals surface area contributed by atoms with E-state index >= 15 is 0 Å². The predicted octanol–water partition coefficient (Wildman–Crippen LogP) is 3.11. The molecule has 0 unspecified atom stereocenters. The van der Waals surface area contributed by atoms with Crippen molar-refractivity contribution in [2.45, 2.75) is 13.2 Å². The van der Waals surface area contributed by atoms with Crippen LogP contribution in [-0.4, -0.2) is 18.2 Å². The molecule has 0 aromatic heterocycles. The fourth-order valence-corrected chi connectivity index (χ4v) is 1.91. The van der Waals surface area contributed by atoms with Gasteiger partial charge in [0.05, 0.1) is 12.2 Å². The third-order valence-corrected chi connectivity index (χ3v) is 2.85. The van der Waals surface area contributed by atoms with Gasteiger partial charge in [-0.1, -0.05) is 30.3 Å². The Balaban J connectivity index is 2.09. The van der Waals surface area contributed by atoms with E-state index in [1.807, 2.05) is 24.3 Å². The first-order valence-electron chi connectivity index (χ1n) is 6.22. The summed E-state index contributed by atoms with van der Waals surface area (Å²) in [6.07, 6.45) is 0. The van der Waals surface area contributed by atoms with Crippen LogP contribution < -0.4 is 4.74 Å². The molecular formula is C16H16O4. The molecule has 0 saturated heterocycles. The number of carboxylic acid groups (broad SMARTS) is 1. The number of rotatable bonds is 6. The van der Waals surface area contributed by atoms with E-state index in [0.717, 1.165) is 5.56 Å². The Labute approximate surface area is 117 Å². The molecule has 104 valence electrons. The van der Waals surface area contributed by atoms with Crippen LogP contribution in [0.15, 0.2) is 48.5 Å². The first-order valence-corrected chi connectivity index (χ1v) is 6.22. The van der Waals surface area contributed by atoms with Crippen LogP contribution in [0.1, 0.15) is 21.5 Å². The molecule has 20 heavy (non-hydrogen) atoms. The number of methoxy groups -OCH3 is 1. The van der Waals surface area contributed by atoms with Crippen LogP contribution in [0.2, 0.25) is 0 Å². The lowest BCUT2D eigenvalue weighted by Crippen LogP contribution is -2.05. The third kappa shape index (κ3) is 3.59. The van der Waals surface area contributed by atoms with E-state index in [1.165, 1.54) is 0 Å². The van der Waals surface area contributed by atoms with Crippen LogP contribution in [0.4, 0.5) is 0 Å². The van der Waals surface area contributed by atoms with Crippen molar-refractivity contribution in [1.29, 1.82) is 0 Å². The second kappa shape index (κ2) is 6.73. The summed E-state index contributed by atoms with van der Waals surface area (Å²) in [6.45, 7) is 0.738. The molecule has 0 saturated carbocycles. The van der Waals surface area contributed by atoms with Crippen LogP contribution >= 0.6 is 0 Å². The summed E-state index contributed by atoms with van der Waals surface area (Å²) in [5.41, 5.74) is 1.93.